The summed E-state index contributed by atoms with van der Waals surface area (Å²) in [6.07, 6.45) is 5.31. The van der Waals surface area contributed by atoms with Crippen LogP contribution in [-0.2, 0) is 22.6 Å². The molecule has 1 aromatic heterocycles. The van der Waals surface area contributed by atoms with E-state index in [1.165, 1.54) is 6.42 Å². The molecule has 4 rings (SSSR count). The van der Waals surface area contributed by atoms with Crippen molar-refractivity contribution < 1.29 is 9.59 Å². The zero-order chi connectivity index (χ0) is 17.4. The Balaban J connectivity index is 1.44. The van der Waals surface area contributed by atoms with Gasteiger partial charge in [-0.1, -0.05) is 0 Å². The van der Waals surface area contributed by atoms with E-state index in [0.29, 0.717) is 32.0 Å². The molecule has 0 radical (unpaired) electrons. The summed E-state index contributed by atoms with van der Waals surface area (Å²) in [5.74, 6) is 1.29. The second-order valence-corrected chi connectivity index (χ2v) is 7.43. The minimum Gasteiger partial charge on any atom is -0.345 e. The summed E-state index contributed by atoms with van der Waals surface area (Å²) in [4.78, 5) is 37.3. The van der Waals surface area contributed by atoms with Crippen molar-refractivity contribution >= 4 is 11.8 Å². The number of carbonyl (C=O) groups excluding carboxylic acids is 2. The largest absolute Gasteiger partial charge is 0.345 e. The van der Waals surface area contributed by atoms with Crippen LogP contribution in [0.15, 0.2) is 6.20 Å². The van der Waals surface area contributed by atoms with Crippen LogP contribution < -0.4 is 5.32 Å². The van der Waals surface area contributed by atoms with Gasteiger partial charge >= 0.3 is 0 Å². The normalized spacial score (nSPS) is 26.7. The van der Waals surface area contributed by atoms with Gasteiger partial charge in [-0.25, -0.2) is 9.97 Å². The molecule has 2 fully saturated rings. The fourth-order valence-electron chi connectivity index (χ4n) is 4.08. The number of aromatic nitrogens is 2. The third-order valence-electron chi connectivity index (χ3n) is 5.62. The summed E-state index contributed by atoms with van der Waals surface area (Å²) in [7, 11) is 1.76. The molecular weight excluding hydrogens is 318 g/mol. The first kappa shape index (κ1) is 16.4. The van der Waals surface area contributed by atoms with Crippen LogP contribution in [0.3, 0.4) is 0 Å². The summed E-state index contributed by atoms with van der Waals surface area (Å²) in [5, 5.41) is 3.41. The Labute approximate surface area is 147 Å². The fraction of sp³-hybridized carbons (Fsp3) is 0.667. The SMILES string of the molecule is CN1C[C@@H](C(=O)N2CCc3nc([C@H]4CCCNC4)ncc3C2)CC1=O. The molecular formula is C18H25N5O2. The molecule has 3 aliphatic rings. The van der Waals surface area contributed by atoms with Crippen molar-refractivity contribution in [2.75, 3.05) is 33.2 Å². The third kappa shape index (κ3) is 3.25. The van der Waals surface area contributed by atoms with Gasteiger partial charge in [-0.15, -0.1) is 0 Å². The quantitative estimate of drug-likeness (QED) is 0.836. The van der Waals surface area contributed by atoms with Gasteiger partial charge < -0.3 is 15.1 Å². The summed E-state index contributed by atoms with van der Waals surface area (Å²) >= 11 is 0. The molecule has 0 unspecified atom stereocenters. The van der Waals surface area contributed by atoms with E-state index in [4.69, 9.17) is 4.98 Å². The Bertz CT molecular complexity index is 686. The molecule has 2 amide bonds. The highest BCUT2D eigenvalue weighted by molar-refractivity contribution is 5.89. The minimum atomic E-state index is -0.201. The van der Waals surface area contributed by atoms with Crippen molar-refractivity contribution in [3.63, 3.8) is 0 Å². The average Bonchev–Trinajstić information content (AvgIpc) is 2.99. The number of rotatable bonds is 2. The molecule has 4 heterocycles. The number of amides is 2. The number of hydrogen-bond donors (Lipinski definition) is 1. The van der Waals surface area contributed by atoms with Gasteiger partial charge in [0, 0.05) is 63.7 Å². The topological polar surface area (TPSA) is 78.4 Å². The Morgan fingerprint density at radius 1 is 1.40 bits per heavy atom. The van der Waals surface area contributed by atoms with Crippen LogP contribution in [0.4, 0.5) is 0 Å². The molecule has 0 aliphatic carbocycles. The first-order chi connectivity index (χ1) is 12.1. The van der Waals surface area contributed by atoms with Gasteiger partial charge in [-0.3, -0.25) is 9.59 Å². The standard InChI is InChI=1S/C18H25N5O2/c1-22-10-13(7-16(22)24)18(25)23-6-4-15-14(11-23)9-20-17(21-15)12-3-2-5-19-8-12/h9,12-13,19H,2-8,10-11H2,1H3/t12-,13-/m0/s1. The van der Waals surface area contributed by atoms with Gasteiger partial charge in [0.1, 0.15) is 5.82 Å². The molecule has 0 spiro atoms. The first-order valence-corrected chi connectivity index (χ1v) is 9.20. The lowest BCUT2D eigenvalue weighted by Crippen LogP contribution is -2.41. The van der Waals surface area contributed by atoms with E-state index >= 15 is 0 Å². The molecule has 0 aromatic carbocycles. The van der Waals surface area contributed by atoms with E-state index in [-0.39, 0.29) is 17.7 Å². The molecule has 25 heavy (non-hydrogen) atoms. The predicted molar refractivity (Wildman–Crippen MR) is 91.7 cm³/mol. The number of nitrogens with zero attached hydrogens (tertiary/aromatic N) is 4. The Kier molecular flexibility index (Phi) is 4.41. The molecule has 1 N–H and O–H groups in total. The zero-order valence-corrected chi connectivity index (χ0v) is 14.7. The number of nitrogens with one attached hydrogen (secondary N) is 1. The van der Waals surface area contributed by atoms with E-state index < -0.39 is 0 Å². The van der Waals surface area contributed by atoms with Crippen LogP contribution in [0.1, 0.15) is 42.3 Å². The van der Waals surface area contributed by atoms with E-state index in [0.717, 1.165) is 43.0 Å². The van der Waals surface area contributed by atoms with E-state index in [9.17, 15) is 9.59 Å². The van der Waals surface area contributed by atoms with Crippen molar-refractivity contribution in [1.82, 2.24) is 25.1 Å². The highest BCUT2D eigenvalue weighted by atomic mass is 16.2. The molecule has 7 heteroatoms. The molecule has 1 aromatic rings. The zero-order valence-electron chi connectivity index (χ0n) is 14.7. The van der Waals surface area contributed by atoms with Crippen LogP contribution in [0.25, 0.3) is 0 Å². The van der Waals surface area contributed by atoms with Crippen molar-refractivity contribution in [3.05, 3.63) is 23.3 Å². The molecule has 134 valence electrons. The van der Waals surface area contributed by atoms with Gasteiger partial charge in [0.2, 0.25) is 11.8 Å². The van der Waals surface area contributed by atoms with E-state index in [2.05, 4.69) is 10.3 Å². The molecule has 0 bridgehead atoms. The number of hydrogen-bond acceptors (Lipinski definition) is 5. The van der Waals surface area contributed by atoms with Crippen LogP contribution in [0.5, 0.6) is 0 Å². The lowest BCUT2D eigenvalue weighted by atomic mass is 9.97. The van der Waals surface area contributed by atoms with Gasteiger partial charge in [-0.05, 0) is 19.4 Å². The maximum atomic E-state index is 12.7. The van der Waals surface area contributed by atoms with Crippen LogP contribution in [0.2, 0.25) is 0 Å². The van der Waals surface area contributed by atoms with E-state index in [1.54, 1.807) is 11.9 Å². The van der Waals surface area contributed by atoms with Gasteiger partial charge in [0.05, 0.1) is 11.6 Å². The predicted octanol–water partition coefficient (Wildman–Crippen LogP) is 0.307. The highest BCUT2D eigenvalue weighted by Crippen LogP contribution is 2.25. The Morgan fingerprint density at radius 2 is 2.28 bits per heavy atom. The highest BCUT2D eigenvalue weighted by Gasteiger charge is 2.36. The number of piperidine rings is 1. The Hall–Kier alpha value is -2.02. The van der Waals surface area contributed by atoms with Crippen LogP contribution in [-0.4, -0.2) is 64.8 Å². The molecule has 3 aliphatic heterocycles. The lowest BCUT2D eigenvalue weighted by Gasteiger charge is -2.30. The molecule has 2 saturated heterocycles. The maximum Gasteiger partial charge on any atom is 0.228 e. The summed E-state index contributed by atoms with van der Waals surface area (Å²) < 4.78 is 0. The average molecular weight is 343 g/mol. The summed E-state index contributed by atoms with van der Waals surface area (Å²) in [6, 6.07) is 0. The van der Waals surface area contributed by atoms with Crippen LogP contribution in [0, 0.1) is 5.92 Å². The summed E-state index contributed by atoms with van der Waals surface area (Å²) in [6.45, 7) is 3.81. The fourth-order valence-corrected chi connectivity index (χ4v) is 4.08. The molecule has 2 atom stereocenters. The second-order valence-electron chi connectivity index (χ2n) is 7.43. The van der Waals surface area contributed by atoms with Crippen molar-refractivity contribution in [1.29, 1.82) is 0 Å². The number of likely N-dealkylation sites (tertiary alicyclic amines) is 1. The van der Waals surface area contributed by atoms with Crippen molar-refractivity contribution in [3.8, 4) is 0 Å². The van der Waals surface area contributed by atoms with Crippen molar-refractivity contribution in [2.45, 2.75) is 38.1 Å². The van der Waals surface area contributed by atoms with Crippen molar-refractivity contribution in [2.24, 2.45) is 5.92 Å². The van der Waals surface area contributed by atoms with Gasteiger partial charge in [0.25, 0.3) is 0 Å². The Morgan fingerprint density at radius 3 is 3.00 bits per heavy atom. The number of carbonyl (C=O) groups is 2. The van der Waals surface area contributed by atoms with E-state index in [1.807, 2.05) is 11.1 Å². The lowest BCUT2D eigenvalue weighted by molar-refractivity contribution is -0.136. The van der Waals surface area contributed by atoms with Crippen LogP contribution >= 0.6 is 0 Å². The van der Waals surface area contributed by atoms with Gasteiger partial charge in [-0.2, -0.15) is 0 Å². The first-order valence-electron chi connectivity index (χ1n) is 9.20. The monoisotopic (exact) mass is 343 g/mol. The third-order valence-corrected chi connectivity index (χ3v) is 5.62. The second kappa shape index (κ2) is 6.71. The molecule has 7 nitrogen and oxygen atoms in total. The minimum absolute atomic E-state index is 0.0600. The smallest absolute Gasteiger partial charge is 0.228 e. The molecule has 0 saturated carbocycles. The van der Waals surface area contributed by atoms with Gasteiger partial charge in [0.15, 0.2) is 0 Å². The summed E-state index contributed by atoms with van der Waals surface area (Å²) in [5.41, 5.74) is 2.13. The number of fused-ring (bicyclic) bond motifs is 1. The maximum absolute atomic E-state index is 12.7.